The highest BCUT2D eigenvalue weighted by molar-refractivity contribution is 6.10. The minimum Gasteiger partial charge on any atom is -0.309 e. The first-order chi connectivity index (χ1) is 33.7. The minimum absolute atomic E-state index is 0.697. The molecule has 3 aromatic heterocycles. The summed E-state index contributed by atoms with van der Waals surface area (Å²) < 4.78 is 4.79. The van der Waals surface area contributed by atoms with Crippen molar-refractivity contribution in [2.75, 3.05) is 0 Å². The molecular formula is C64H42N4. The number of hydrogen-bond acceptors (Lipinski definition) is 2. The second-order valence-electron chi connectivity index (χ2n) is 17.4. The molecule has 0 amide bonds. The van der Waals surface area contributed by atoms with Crippen LogP contribution in [0.4, 0.5) is 0 Å². The lowest BCUT2D eigenvalue weighted by atomic mass is 9.92. The molecule has 10 aromatic carbocycles. The highest BCUT2D eigenvalue weighted by Crippen LogP contribution is 2.39. The fraction of sp³-hybridized carbons (Fsp3) is 0. The number of fused-ring (bicyclic) bond motifs is 6. The van der Waals surface area contributed by atoms with Gasteiger partial charge in [-0.25, -0.2) is 9.97 Å². The number of nitrogens with zero attached hydrogens (tertiary/aromatic N) is 4. The van der Waals surface area contributed by atoms with E-state index < -0.39 is 0 Å². The van der Waals surface area contributed by atoms with Gasteiger partial charge in [-0.1, -0.05) is 176 Å². The van der Waals surface area contributed by atoms with E-state index in [1.54, 1.807) is 0 Å². The molecule has 0 radical (unpaired) electrons. The predicted molar refractivity (Wildman–Crippen MR) is 283 cm³/mol. The molecule has 13 aromatic rings. The Labute approximate surface area is 394 Å². The number of rotatable bonds is 8. The Kier molecular flexibility index (Phi) is 9.47. The molecule has 13 rings (SSSR count). The van der Waals surface area contributed by atoms with E-state index in [2.05, 4.69) is 240 Å². The SMILES string of the molecule is c1ccc(-c2cc(-c3cccc(-c4cc(-c5cccc(-n6c7ccccc7c7ccccc76)c5)cc(-c5cccc(-n6c7ccccc7c7ccccc76)c5)c4)c3)nc(-c3ccccc3)n2)cc1. The van der Waals surface area contributed by atoms with Crippen molar-refractivity contribution in [3.63, 3.8) is 0 Å². The minimum atomic E-state index is 0.697. The average Bonchev–Trinajstić information content (AvgIpc) is 3.94. The zero-order chi connectivity index (χ0) is 45.0. The summed E-state index contributed by atoms with van der Waals surface area (Å²) >= 11 is 0. The van der Waals surface area contributed by atoms with Crippen LogP contribution in [0.1, 0.15) is 0 Å². The van der Waals surface area contributed by atoms with Crippen molar-refractivity contribution in [1.29, 1.82) is 0 Å². The molecule has 0 aliphatic heterocycles. The molecule has 0 saturated carbocycles. The van der Waals surface area contributed by atoms with Gasteiger partial charge in [-0.15, -0.1) is 0 Å². The molecule has 0 atom stereocenters. The van der Waals surface area contributed by atoms with Gasteiger partial charge in [0.2, 0.25) is 0 Å². The molecule has 68 heavy (non-hydrogen) atoms. The Hall–Kier alpha value is -9.12. The van der Waals surface area contributed by atoms with E-state index in [0.717, 1.165) is 72.8 Å². The van der Waals surface area contributed by atoms with Crippen molar-refractivity contribution < 1.29 is 0 Å². The zero-order valence-electron chi connectivity index (χ0n) is 37.0. The van der Waals surface area contributed by atoms with E-state index >= 15 is 0 Å². The summed E-state index contributed by atoms with van der Waals surface area (Å²) in [4.78, 5) is 10.3. The molecule has 0 aliphatic rings. The fourth-order valence-corrected chi connectivity index (χ4v) is 10.1. The Balaban J connectivity index is 0.990. The third-order valence-corrected chi connectivity index (χ3v) is 13.3. The Morgan fingerprint density at radius 3 is 1.00 bits per heavy atom. The van der Waals surface area contributed by atoms with Crippen LogP contribution in [0.15, 0.2) is 255 Å². The lowest BCUT2D eigenvalue weighted by Gasteiger charge is -2.15. The van der Waals surface area contributed by atoms with Crippen molar-refractivity contribution in [3.05, 3.63) is 255 Å². The number of hydrogen-bond donors (Lipinski definition) is 0. The van der Waals surface area contributed by atoms with Crippen molar-refractivity contribution in [1.82, 2.24) is 19.1 Å². The maximum absolute atomic E-state index is 5.20. The molecule has 0 unspecified atom stereocenters. The van der Waals surface area contributed by atoms with Crippen LogP contribution >= 0.6 is 0 Å². The summed E-state index contributed by atoms with van der Waals surface area (Å²) in [5.41, 5.74) is 18.6. The van der Waals surface area contributed by atoms with Crippen LogP contribution in [0.2, 0.25) is 0 Å². The second-order valence-corrected chi connectivity index (χ2v) is 17.4. The monoisotopic (exact) mass is 866 g/mol. The molecule has 4 nitrogen and oxygen atoms in total. The van der Waals surface area contributed by atoms with Crippen LogP contribution in [0, 0.1) is 0 Å². The van der Waals surface area contributed by atoms with E-state index in [-0.39, 0.29) is 0 Å². The average molecular weight is 867 g/mol. The topological polar surface area (TPSA) is 35.6 Å². The van der Waals surface area contributed by atoms with Crippen molar-refractivity contribution in [2.45, 2.75) is 0 Å². The van der Waals surface area contributed by atoms with Gasteiger partial charge in [0.05, 0.1) is 33.5 Å². The molecule has 0 N–H and O–H groups in total. The summed E-state index contributed by atoms with van der Waals surface area (Å²) in [6, 6.07) is 91.4. The van der Waals surface area contributed by atoms with E-state index in [0.29, 0.717) is 5.82 Å². The highest BCUT2D eigenvalue weighted by Gasteiger charge is 2.17. The third-order valence-electron chi connectivity index (χ3n) is 13.3. The summed E-state index contributed by atoms with van der Waals surface area (Å²) in [7, 11) is 0. The van der Waals surface area contributed by atoms with Gasteiger partial charge in [-0.3, -0.25) is 0 Å². The van der Waals surface area contributed by atoms with Gasteiger partial charge >= 0.3 is 0 Å². The first-order valence-corrected chi connectivity index (χ1v) is 23.1. The first kappa shape index (κ1) is 39.3. The standard InChI is InChI=1S/C64H42N4/c1-3-18-43(19-4-1)58-42-59(66-64(65-58)44-20-5-2-6-21-44)48-25-15-22-45(36-48)49-37-50(46-23-16-26-52(40-46)67-60-32-11-7-28-54(60)55-29-8-12-33-61(55)67)39-51(38-49)47-24-17-27-53(41-47)68-62-34-13-9-30-56(62)57-31-10-14-35-63(57)68/h1-42H. The fourth-order valence-electron chi connectivity index (χ4n) is 10.1. The van der Waals surface area contributed by atoms with Gasteiger partial charge in [0.1, 0.15) is 0 Å². The highest BCUT2D eigenvalue weighted by atomic mass is 15.0. The van der Waals surface area contributed by atoms with E-state index in [1.807, 2.05) is 24.3 Å². The molecule has 0 spiro atoms. The van der Waals surface area contributed by atoms with Crippen LogP contribution in [0.5, 0.6) is 0 Å². The summed E-state index contributed by atoms with van der Waals surface area (Å²) in [5, 5.41) is 4.99. The smallest absolute Gasteiger partial charge is 0.160 e. The normalized spacial score (nSPS) is 11.5. The molecule has 0 fully saturated rings. The Bertz CT molecular complexity index is 3690. The van der Waals surface area contributed by atoms with Gasteiger partial charge in [-0.2, -0.15) is 0 Å². The van der Waals surface area contributed by atoms with Crippen molar-refractivity contribution >= 4 is 43.6 Å². The van der Waals surface area contributed by atoms with Gasteiger partial charge in [-0.05, 0) is 112 Å². The van der Waals surface area contributed by atoms with Crippen LogP contribution < -0.4 is 0 Å². The zero-order valence-corrected chi connectivity index (χ0v) is 37.0. The maximum Gasteiger partial charge on any atom is 0.160 e. The van der Waals surface area contributed by atoms with Crippen LogP contribution in [-0.4, -0.2) is 19.1 Å². The number of aromatic nitrogens is 4. The van der Waals surface area contributed by atoms with Gasteiger partial charge in [0, 0.05) is 49.6 Å². The lowest BCUT2D eigenvalue weighted by molar-refractivity contribution is 1.18. The van der Waals surface area contributed by atoms with Crippen LogP contribution in [0.3, 0.4) is 0 Å². The van der Waals surface area contributed by atoms with Crippen LogP contribution in [0.25, 0.3) is 122 Å². The quantitative estimate of drug-likeness (QED) is 0.153. The summed E-state index contributed by atoms with van der Waals surface area (Å²) in [6.45, 7) is 0. The number of para-hydroxylation sites is 4. The lowest BCUT2D eigenvalue weighted by Crippen LogP contribution is -1.96. The number of benzene rings is 10. The van der Waals surface area contributed by atoms with Gasteiger partial charge in [0.25, 0.3) is 0 Å². The molecule has 0 bridgehead atoms. The van der Waals surface area contributed by atoms with E-state index in [4.69, 9.17) is 9.97 Å². The molecular weight excluding hydrogens is 825 g/mol. The Morgan fingerprint density at radius 2 is 0.544 bits per heavy atom. The Morgan fingerprint density at radius 1 is 0.221 bits per heavy atom. The summed E-state index contributed by atoms with van der Waals surface area (Å²) in [6.07, 6.45) is 0. The molecule has 3 heterocycles. The first-order valence-electron chi connectivity index (χ1n) is 23.1. The molecule has 318 valence electrons. The molecule has 4 heteroatoms. The van der Waals surface area contributed by atoms with E-state index in [1.165, 1.54) is 43.6 Å². The van der Waals surface area contributed by atoms with Crippen molar-refractivity contribution in [2.24, 2.45) is 0 Å². The van der Waals surface area contributed by atoms with Crippen LogP contribution in [-0.2, 0) is 0 Å². The van der Waals surface area contributed by atoms with Gasteiger partial charge < -0.3 is 9.13 Å². The van der Waals surface area contributed by atoms with Gasteiger partial charge in [0.15, 0.2) is 5.82 Å². The predicted octanol–water partition coefficient (Wildman–Crippen LogP) is 16.7. The second kappa shape index (κ2) is 16.4. The van der Waals surface area contributed by atoms with E-state index in [9.17, 15) is 0 Å². The molecule has 0 saturated heterocycles. The van der Waals surface area contributed by atoms with Crippen molar-refractivity contribution in [3.8, 4) is 78.7 Å². The third kappa shape index (κ3) is 6.86. The summed E-state index contributed by atoms with van der Waals surface area (Å²) in [5.74, 6) is 0.697. The largest absolute Gasteiger partial charge is 0.309 e. The molecule has 0 aliphatic carbocycles. The maximum atomic E-state index is 5.20.